The molecule has 3 aromatic heterocycles. The number of aromatic nitrogens is 5. The summed E-state index contributed by atoms with van der Waals surface area (Å²) >= 11 is 1.32. The molecule has 3 rings (SSSR count). The highest BCUT2D eigenvalue weighted by Gasteiger charge is 2.26. The van der Waals surface area contributed by atoms with Crippen LogP contribution in [-0.4, -0.2) is 48.8 Å². The van der Waals surface area contributed by atoms with Crippen LogP contribution in [-0.2, 0) is 11.3 Å². The lowest BCUT2D eigenvalue weighted by Gasteiger charge is -2.09. The van der Waals surface area contributed by atoms with Gasteiger partial charge in [0.15, 0.2) is 16.8 Å². The maximum absolute atomic E-state index is 13.0. The van der Waals surface area contributed by atoms with Crippen molar-refractivity contribution in [2.45, 2.75) is 45.8 Å². The van der Waals surface area contributed by atoms with Crippen LogP contribution in [0.1, 0.15) is 52.4 Å². The van der Waals surface area contributed by atoms with Crippen molar-refractivity contribution in [1.82, 2.24) is 24.7 Å². The zero-order chi connectivity index (χ0) is 21.7. The quantitative estimate of drug-likeness (QED) is 0.314. The standard InChI is InChI=1S/C21H25N5O3S/c1-5-11-26-19(15-7-9-22-10-8-15)24-25-21(26)30-12-16(27)17-13(3)23-14(4)18(17)20(28)29-6-2/h7-10,23H,5-6,11-12H2,1-4H3. The largest absolute Gasteiger partial charge is 0.462 e. The normalized spacial score (nSPS) is 10.9. The van der Waals surface area contributed by atoms with Crippen LogP contribution in [0.3, 0.4) is 0 Å². The molecule has 0 aliphatic carbocycles. The van der Waals surface area contributed by atoms with Crippen molar-refractivity contribution < 1.29 is 14.3 Å². The van der Waals surface area contributed by atoms with Crippen LogP contribution in [0.25, 0.3) is 11.4 Å². The highest BCUT2D eigenvalue weighted by molar-refractivity contribution is 7.99. The lowest BCUT2D eigenvalue weighted by Crippen LogP contribution is -2.13. The molecule has 0 saturated carbocycles. The number of ketones is 1. The summed E-state index contributed by atoms with van der Waals surface area (Å²) in [5.74, 6) is 0.251. The Bertz CT molecular complexity index is 1040. The summed E-state index contributed by atoms with van der Waals surface area (Å²) in [7, 11) is 0. The molecule has 0 fully saturated rings. The van der Waals surface area contributed by atoms with Crippen LogP contribution in [0.2, 0.25) is 0 Å². The van der Waals surface area contributed by atoms with Crippen LogP contribution in [0, 0.1) is 13.8 Å². The van der Waals surface area contributed by atoms with Crippen LogP contribution in [0.15, 0.2) is 29.7 Å². The number of thioether (sulfide) groups is 1. The molecular weight excluding hydrogens is 402 g/mol. The van der Waals surface area contributed by atoms with E-state index in [9.17, 15) is 9.59 Å². The zero-order valence-electron chi connectivity index (χ0n) is 17.6. The number of ether oxygens (including phenoxy) is 1. The Morgan fingerprint density at radius 2 is 1.80 bits per heavy atom. The molecule has 0 unspecified atom stereocenters. The molecular formula is C21H25N5O3S. The second kappa shape index (κ2) is 9.71. The first-order valence-electron chi connectivity index (χ1n) is 9.83. The SMILES string of the molecule is CCCn1c(SCC(=O)c2c(C)[nH]c(C)c2C(=O)OCC)nnc1-c1ccncc1. The van der Waals surface area contributed by atoms with Gasteiger partial charge in [-0.3, -0.25) is 9.78 Å². The summed E-state index contributed by atoms with van der Waals surface area (Å²) in [6, 6.07) is 3.76. The van der Waals surface area contributed by atoms with Gasteiger partial charge in [-0.2, -0.15) is 0 Å². The van der Waals surface area contributed by atoms with Gasteiger partial charge in [-0.1, -0.05) is 18.7 Å². The van der Waals surface area contributed by atoms with Crippen molar-refractivity contribution >= 4 is 23.5 Å². The van der Waals surface area contributed by atoms with Gasteiger partial charge in [0.05, 0.1) is 23.5 Å². The molecule has 0 aliphatic rings. The number of aromatic amines is 1. The van der Waals surface area contributed by atoms with E-state index in [4.69, 9.17) is 4.74 Å². The molecule has 8 nitrogen and oxygen atoms in total. The van der Waals surface area contributed by atoms with Gasteiger partial charge in [-0.25, -0.2) is 4.79 Å². The van der Waals surface area contributed by atoms with Crippen LogP contribution in [0.4, 0.5) is 0 Å². The number of H-pyrrole nitrogens is 1. The molecule has 0 saturated heterocycles. The third-order valence-electron chi connectivity index (χ3n) is 4.57. The summed E-state index contributed by atoms with van der Waals surface area (Å²) < 4.78 is 7.14. The fraction of sp³-hybridized carbons (Fsp3) is 0.381. The maximum Gasteiger partial charge on any atom is 0.340 e. The van der Waals surface area contributed by atoms with Gasteiger partial charge < -0.3 is 14.3 Å². The maximum atomic E-state index is 13.0. The lowest BCUT2D eigenvalue weighted by molar-refractivity contribution is 0.0522. The van der Waals surface area contributed by atoms with Gasteiger partial charge in [0.2, 0.25) is 0 Å². The summed E-state index contributed by atoms with van der Waals surface area (Å²) in [4.78, 5) is 32.5. The molecule has 1 N–H and O–H groups in total. The van der Waals surface area contributed by atoms with Crippen molar-refractivity contribution in [3.8, 4) is 11.4 Å². The molecule has 158 valence electrons. The average Bonchev–Trinajstić information content (AvgIpc) is 3.27. The van der Waals surface area contributed by atoms with E-state index in [1.807, 2.05) is 16.7 Å². The predicted molar refractivity (Wildman–Crippen MR) is 115 cm³/mol. The highest BCUT2D eigenvalue weighted by Crippen LogP contribution is 2.27. The summed E-state index contributed by atoms with van der Waals surface area (Å²) in [6.45, 7) is 8.36. The number of rotatable bonds is 9. The Morgan fingerprint density at radius 1 is 1.10 bits per heavy atom. The van der Waals surface area contributed by atoms with Gasteiger partial charge in [0, 0.05) is 35.9 Å². The van der Waals surface area contributed by atoms with Gasteiger partial charge in [0.1, 0.15) is 0 Å². The summed E-state index contributed by atoms with van der Waals surface area (Å²) in [5, 5.41) is 9.28. The summed E-state index contributed by atoms with van der Waals surface area (Å²) in [5.41, 5.74) is 2.91. The molecule has 0 atom stereocenters. The minimum atomic E-state index is -0.484. The number of carbonyl (C=O) groups is 2. The minimum Gasteiger partial charge on any atom is -0.462 e. The third-order valence-corrected chi connectivity index (χ3v) is 5.54. The van der Waals surface area contributed by atoms with Crippen molar-refractivity contribution in [3.63, 3.8) is 0 Å². The lowest BCUT2D eigenvalue weighted by atomic mass is 10.1. The molecule has 9 heteroatoms. The topological polar surface area (TPSA) is 103 Å². The molecule has 3 aromatic rings. The molecule has 0 amide bonds. The van der Waals surface area contributed by atoms with Crippen molar-refractivity contribution in [2.24, 2.45) is 0 Å². The Hall–Kier alpha value is -2.94. The number of nitrogens with one attached hydrogen (secondary N) is 1. The number of esters is 1. The fourth-order valence-electron chi connectivity index (χ4n) is 3.33. The molecule has 30 heavy (non-hydrogen) atoms. The summed E-state index contributed by atoms with van der Waals surface area (Å²) in [6.07, 6.45) is 4.33. The van der Waals surface area contributed by atoms with E-state index in [0.717, 1.165) is 24.4 Å². The van der Waals surface area contributed by atoms with E-state index in [1.54, 1.807) is 33.2 Å². The van der Waals surface area contributed by atoms with E-state index < -0.39 is 5.97 Å². The first-order valence-corrected chi connectivity index (χ1v) is 10.8. The average molecular weight is 428 g/mol. The van der Waals surface area contributed by atoms with Crippen LogP contribution in [0.5, 0.6) is 0 Å². The van der Waals surface area contributed by atoms with Crippen molar-refractivity contribution in [1.29, 1.82) is 0 Å². The first kappa shape index (κ1) is 21.8. The molecule has 0 bridgehead atoms. The van der Waals surface area contributed by atoms with E-state index in [1.165, 1.54) is 11.8 Å². The predicted octanol–water partition coefficient (Wildman–Crippen LogP) is 3.85. The minimum absolute atomic E-state index is 0.142. The monoisotopic (exact) mass is 427 g/mol. The highest BCUT2D eigenvalue weighted by atomic mass is 32.2. The third kappa shape index (κ3) is 4.46. The molecule has 3 heterocycles. The zero-order valence-corrected chi connectivity index (χ0v) is 18.4. The number of pyridine rings is 1. The fourth-order valence-corrected chi connectivity index (χ4v) is 4.16. The number of nitrogens with zero attached hydrogens (tertiary/aromatic N) is 4. The number of aryl methyl sites for hydroxylation is 2. The number of Topliss-reactive ketones (excluding diaryl/α,β-unsaturated/α-hetero) is 1. The van der Waals surface area contributed by atoms with Crippen molar-refractivity contribution in [2.75, 3.05) is 12.4 Å². The first-order chi connectivity index (χ1) is 14.5. The molecule has 0 aliphatic heterocycles. The van der Waals surface area contributed by atoms with E-state index in [-0.39, 0.29) is 18.1 Å². The van der Waals surface area contributed by atoms with E-state index >= 15 is 0 Å². The van der Waals surface area contributed by atoms with Gasteiger partial charge >= 0.3 is 5.97 Å². The number of hydrogen-bond acceptors (Lipinski definition) is 7. The Morgan fingerprint density at radius 3 is 2.47 bits per heavy atom. The van der Waals surface area contributed by atoms with Crippen LogP contribution >= 0.6 is 11.8 Å². The molecule has 0 aromatic carbocycles. The Kier molecular flexibility index (Phi) is 7.04. The smallest absolute Gasteiger partial charge is 0.340 e. The Balaban J connectivity index is 1.84. The van der Waals surface area contributed by atoms with E-state index in [0.29, 0.717) is 27.7 Å². The van der Waals surface area contributed by atoms with Gasteiger partial charge in [0.25, 0.3) is 0 Å². The molecule has 0 spiro atoms. The Labute approximate surface area is 179 Å². The second-order valence-electron chi connectivity index (χ2n) is 6.75. The van der Waals surface area contributed by atoms with Crippen molar-refractivity contribution in [3.05, 3.63) is 47.0 Å². The van der Waals surface area contributed by atoms with Gasteiger partial charge in [-0.05, 0) is 39.3 Å². The number of hydrogen-bond donors (Lipinski definition) is 1. The van der Waals surface area contributed by atoms with Crippen LogP contribution < -0.4 is 0 Å². The molecule has 0 radical (unpaired) electrons. The van der Waals surface area contributed by atoms with Gasteiger partial charge in [-0.15, -0.1) is 10.2 Å². The van der Waals surface area contributed by atoms with E-state index in [2.05, 4.69) is 27.1 Å². The second-order valence-corrected chi connectivity index (χ2v) is 7.69. The number of carbonyl (C=O) groups excluding carboxylic acids is 2.